The van der Waals surface area contributed by atoms with Crippen LogP contribution in [0.5, 0.6) is 0 Å². The molecule has 2 saturated heterocycles. The predicted octanol–water partition coefficient (Wildman–Crippen LogP) is 0.179. The molecule has 0 aromatic heterocycles. The quantitative estimate of drug-likeness (QED) is 0.768. The van der Waals surface area contributed by atoms with Crippen LogP contribution in [0.1, 0.15) is 26.2 Å². The lowest BCUT2D eigenvalue weighted by Crippen LogP contribution is -2.41. The summed E-state index contributed by atoms with van der Waals surface area (Å²) in [5, 5.41) is 3.36. The van der Waals surface area contributed by atoms with Crippen LogP contribution in [-0.2, 0) is 14.8 Å². The Labute approximate surface area is 104 Å². The first-order chi connectivity index (χ1) is 8.09. The maximum atomic E-state index is 11.6. The molecular formula is C11H22N2O3S. The maximum absolute atomic E-state index is 11.6. The van der Waals surface area contributed by atoms with E-state index in [1.54, 1.807) is 4.31 Å². The number of sulfonamides is 1. The van der Waals surface area contributed by atoms with Gasteiger partial charge in [0.1, 0.15) is 0 Å². The lowest BCUT2D eigenvalue weighted by Gasteiger charge is -2.21. The van der Waals surface area contributed by atoms with E-state index in [4.69, 9.17) is 4.74 Å². The molecule has 2 heterocycles. The Balaban J connectivity index is 1.68. The summed E-state index contributed by atoms with van der Waals surface area (Å²) in [4.78, 5) is 0. The van der Waals surface area contributed by atoms with Crippen LogP contribution in [-0.4, -0.2) is 56.9 Å². The molecule has 1 N–H and O–H groups in total. The van der Waals surface area contributed by atoms with Crippen molar-refractivity contribution >= 4 is 10.0 Å². The molecule has 2 unspecified atom stereocenters. The first kappa shape index (κ1) is 13.3. The van der Waals surface area contributed by atoms with Gasteiger partial charge in [-0.05, 0) is 26.2 Å². The summed E-state index contributed by atoms with van der Waals surface area (Å²) >= 11 is 0. The fourth-order valence-corrected chi connectivity index (χ4v) is 4.02. The summed E-state index contributed by atoms with van der Waals surface area (Å²) in [5.41, 5.74) is 0. The van der Waals surface area contributed by atoms with Crippen LogP contribution in [0.3, 0.4) is 0 Å². The molecule has 5 nitrogen and oxygen atoms in total. The van der Waals surface area contributed by atoms with Gasteiger partial charge in [0.2, 0.25) is 10.0 Å². The van der Waals surface area contributed by atoms with Gasteiger partial charge in [-0.3, -0.25) is 0 Å². The van der Waals surface area contributed by atoms with Crippen molar-refractivity contribution in [2.45, 2.75) is 38.3 Å². The maximum Gasteiger partial charge on any atom is 0.214 e. The molecule has 6 heteroatoms. The smallest absolute Gasteiger partial charge is 0.214 e. The third-order valence-corrected chi connectivity index (χ3v) is 5.51. The van der Waals surface area contributed by atoms with E-state index in [-0.39, 0.29) is 0 Å². The van der Waals surface area contributed by atoms with E-state index in [0.717, 1.165) is 25.9 Å². The van der Waals surface area contributed by atoms with Gasteiger partial charge >= 0.3 is 0 Å². The summed E-state index contributed by atoms with van der Waals surface area (Å²) in [6.07, 6.45) is 3.31. The van der Waals surface area contributed by atoms with Crippen molar-refractivity contribution in [3.8, 4) is 0 Å². The number of nitrogens with zero attached hydrogens (tertiary/aromatic N) is 1. The second kappa shape index (κ2) is 5.65. The Hall–Kier alpha value is -0.170. The van der Waals surface area contributed by atoms with E-state index in [2.05, 4.69) is 12.2 Å². The Morgan fingerprint density at radius 2 is 2.29 bits per heavy atom. The molecule has 0 amide bonds. The second-order valence-electron chi connectivity index (χ2n) is 4.86. The van der Waals surface area contributed by atoms with Gasteiger partial charge in [0, 0.05) is 32.3 Å². The molecule has 2 atom stereocenters. The molecule has 2 fully saturated rings. The van der Waals surface area contributed by atoms with Gasteiger partial charge in [-0.15, -0.1) is 0 Å². The average molecular weight is 262 g/mol. The highest BCUT2D eigenvalue weighted by Gasteiger charge is 2.28. The topological polar surface area (TPSA) is 58.6 Å². The van der Waals surface area contributed by atoms with Gasteiger partial charge in [0.25, 0.3) is 0 Å². The lowest BCUT2D eigenvalue weighted by atomic mass is 10.1. The van der Waals surface area contributed by atoms with Crippen LogP contribution in [0.15, 0.2) is 0 Å². The largest absolute Gasteiger partial charge is 0.377 e. The molecule has 17 heavy (non-hydrogen) atoms. The number of ether oxygens (including phenoxy) is 1. The highest BCUT2D eigenvalue weighted by molar-refractivity contribution is 7.89. The molecule has 0 aliphatic carbocycles. The summed E-state index contributed by atoms with van der Waals surface area (Å²) in [6, 6.07) is 0.308. The minimum atomic E-state index is -2.94. The van der Waals surface area contributed by atoms with Crippen molar-refractivity contribution in [2.75, 3.05) is 32.0 Å². The van der Waals surface area contributed by atoms with Crippen LogP contribution in [0.4, 0.5) is 0 Å². The lowest BCUT2D eigenvalue weighted by molar-refractivity contribution is 0.0835. The first-order valence-electron chi connectivity index (χ1n) is 6.42. The van der Waals surface area contributed by atoms with Gasteiger partial charge in [0.05, 0.1) is 11.9 Å². The van der Waals surface area contributed by atoms with Crippen molar-refractivity contribution in [1.29, 1.82) is 0 Å². The number of hydrogen-bond acceptors (Lipinski definition) is 4. The second-order valence-corrected chi connectivity index (χ2v) is 6.95. The van der Waals surface area contributed by atoms with Gasteiger partial charge in [-0.2, -0.15) is 0 Å². The average Bonchev–Trinajstić information content (AvgIpc) is 2.88. The molecule has 0 radical (unpaired) electrons. The highest BCUT2D eigenvalue weighted by Crippen LogP contribution is 2.15. The van der Waals surface area contributed by atoms with E-state index in [9.17, 15) is 8.42 Å². The van der Waals surface area contributed by atoms with Crippen molar-refractivity contribution in [3.05, 3.63) is 0 Å². The fraction of sp³-hybridized carbons (Fsp3) is 1.00. The molecule has 0 aromatic rings. The normalized spacial score (nSPS) is 30.8. The molecule has 0 spiro atoms. The van der Waals surface area contributed by atoms with Crippen LogP contribution in [0.2, 0.25) is 0 Å². The highest BCUT2D eigenvalue weighted by atomic mass is 32.2. The molecule has 0 saturated carbocycles. The van der Waals surface area contributed by atoms with Gasteiger partial charge < -0.3 is 10.1 Å². The molecule has 2 rings (SSSR count). The van der Waals surface area contributed by atoms with Crippen LogP contribution in [0.25, 0.3) is 0 Å². The molecular weight excluding hydrogens is 240 g/mol. The Morgan fingerprint density at radius 1 is 1.47 bits per heavy atom. The minimum Gasteiger partial charge on any atom is -0.377 e. The molecule has 2 aliphatic heterocycles. The van der Waals surface area contributed by atoms with E-state index in [1.807, 2.05) is 0 Å². The molecule has 100 valence electrons. The van der Waals surface area contributed by atoms with Crippen molar-refractivity contribution in [3.63, 3.8) is 0 Å². The molecule has 2 aliphatic rings. The van der Waals surface area contributed by atoms with Crippen LogP contribution < -0.4 is 5.32 Å². The fourth-order valence-electron chi connectivity index (χ4n) is 2.49. The van der Waals surface area contributed by atoms with Crippen molar-refractivity contribution < 1.29 is 13.2 Å². The monoisotopic (exact) mass is 262 g/mol. The standard InChI is InChI=1S/C11H22N2O3S/c1-10(11-4-2-8-16-11)12-5-7-13-6-3-9-17(13,14)15/h10-12H,2-9H2,1H3. The SMILES string of the molecule is CC(NCCN1CCCS1(=O)=O)C1CCCO1. The van der Waals surface area contributed by atoms with Gasteiger partial charge in [-0.25, -0.2) is 12.7 Å². The Bertz CT molecular complexity index is 339. The zero-order valence-electron chi connectivity index (χ0n) is 10.4. The summed E-state index contributed by atoms with van der Waals surface area (Å²) in [6.45, 7) is 4.93. The Kier molecular flexibility index (Phi) is 4.41. The summed E-state index contributed by atoms with van der Waals surface area (Å²) in [5.74, 6) is 0.314. The number of rotatable bonds is 5. The minimum absolute atomic E-state index is 0.296. The Morgan fingerprint density at radius 3 is 2.88 bits per heavy atom. The van der Waals surface area contributed by atoms with E-state index in [0.29, 0.717) is 37.5 Å². The number of nitrogens with one attached hydrogen (secondary N) is 1. The van der Waals surface area contributed by atoms with E-state index in [1.165, 1.54) is 0 Å². The van der Waals surface area contributed by atoms with Crippen molar-refractivity contribution in [1.82, 2.24) is 9.62 Å². The molecule has 0 bridgehead atoms. The van der Waals surface area contributed by atoms with Gasteiger partial charge in [-0.1, -0.05) is 0 Å². The first-order valence-corrected chi connectivity index (χ1v) is 8.03. The molecule has 0 aromatic carbocycles. The van der Waals surface area contributed by atoms with Crippen LogP contribution in [0, 0.1) is 0 Å². The van der Waals surface area contributed by atoms with Crippen molar-refractivity contribution in [2.24, 2.45) is 0 Å². The zero-order valence-corrected chi connectivity index (χ0v) is 11.2. The zero-order chi connectivity index (χ0) is 12.3. The van der Waals surface area contributed by atoms with E-state index >= 15 is 0 Å². The third kappa shape index (κ3) is 3.40. The van der Waals surface area contributed by atoms with Gasteiger partial charge in [0.15, 0.2) is 0 Å². The van der Waals surface area contributed by atoms with E-state index < -0.39 is 10.0 Å². The number of hydrogen-bond donors (Lipinski definition) is 1. The predicted molar refractivity (Wildman–Crippen MR) is 66.4 cm³/mol. The summed E-state index contributed by atoms with van der Waals surface area (Å²) < 4.78 is 30.3. The summed E-state index contributed by atoms with van der Waals surface area (Å²) in [7, 11) is -2.94. The third-order valence-electron chi connectivity index (χ3n) is 3.55. The van der Waals surface area contributed by atoms with Crippen LogP contribution >= 0.6 is 0 Å².